The zero-order valence-electron chi connectivity index (χ0n) is 4.14. The summed E-state index contributed by atoms with van der Waals surface area (Å²) in [4.78, 5) is 1.76. The van der Waals surface area contributed by atoms with Gasteiger partial charge in [0.05, 0.1) is 0 Å². The summed E-state index contributed by atoms with van der Waals surface area (Å²) in [6, 6.07) is 0. The van der Waals surface area contributed by atoms with E-state index in [2.05, 4.69) is 24.8 Å². The maximum absolute atomic E-state index is 4.61. The molecule has 0 aliphatic heterocycles. The fourth-order valence-corrected chi connectivity index (χ4v) is 0. The molecule has 0 N–H and O–H groups in total. The Kier molecular flexibility index (Phi) is 17.9. The maximum atomic E-state index is 4.61. The molecule has 0 spiro atoms. The number of rotatable bonds is 0. The van der Waals surface area contributed by atoms with Gasteiger partial charge in [0.15, 0.2) is 0 Å². The number of nitrogens with zero attached hydrogens (tertiary/aromatic N) is 1. The topological polar surface area (TPSA) is 3.24 Å². The van der Waals surface area contributed by atoms with Crippen molar-refractivity contribution in [2.45, 2.75) is 0 Å². The first kappa shape index (κ1) is 16.4. The van der Waals surface area contributed by atoms with Crippen LogP contribution in [0.3, 0.4) is 0 Å². The first-order chi connectivity index (χ1) is 2.64. The molecule has 0 atom stereocenters. The van der Waals surface area contributed by atoms with Gasteiger partial charge < -0.3 is 4.90 Å². The minimum atomic E-state index is 0. The second-order valence-corrected chi connectivity index (χ2v) is 2.29. The fourth-order valence-electron chi connectivity index (χ4n) is 0. The van der Waals surface area contributed by atoms with E-state index in [-0.39, 0.29) is 46.3 Å². The molecular formula is C3H8CoNNaS2. The molecule has 0 rings (SSSR count). The Morgan fingerprint density at radius 2 is 1.62 bits per heavy atom. The zero-order valence-corrected chi connectivity index (χ0v) is 6.89. The van der Waals surface area contributed by atoms with Gasteiger partial charge in [0.1, 0.15) is 4.32 Å². The van der Waals surface area contributed by atoms with Crippen LogP contribution in [0.15, 0.2) is 0 Å². The third-order valence-corrected chi connectivity index (χ3v) is 1.15. The van der Waals surface area contributed by atoms with Gasteiger partial charge in [-0.1, -0.05) is 12.2 Å². The third kappa shape index (κ3) is 10.7. The van der Waals surface area contributed by atoms with Gasteiger partial charge in [0, 0.05) is 30.9 Å². The Bertz CT molecular complexity index is 68.3. The van der Waals surface area contributed by atoms with Gasteiger partial charge in [0.25, 0.3) is 0 Å². The summed E-state index contributed by atoms with van der Waals surface area (Å²) >= 11 is 8.46. The molecule has 0 aliphatic rings. The monoisotopic (exact) mass is 204 g/mol. The van der Waals surface area contributed by atoms with Crippen molar-refractivity contribution in [3.05, 3.63) is 0 Å². The number of hydrogen-bond donors (Lipinski definition) is 1. The summed E-state index contributed by atoms with van der Waals surface area (Å²) in [5.74, 6) is 0. The van der Waals surface area contributed by atoms with Crippen LogP contribution in [0.1, 0.15) is 0 Å². The molecule has 0 fully saturated rings. The van der Waals surface area contributed by atoms with Gasteiger partial charge in [0.2, 0.25) is 0 Å². The van der Waals surface area contributed by atoms with Crippen molar-refractivity contribution >= 4 is 58.7 Å². The quantitative estimate of drug-likeness (QED) is 0.339. The van der Waals surface area contributed by atoms with Crippen LogP contribution in [0.4, 0.5) is 0 Å². The van der Waals surface area contributed by atoms with Gasteiger partial charge in [-0.25, -0.2) is 0 Å². The van der Waals surface area contributed by atoms with E-state index in [4.69, 9.17) is 0 Å². The first-order valence-electron chi connectivity index (χ1n) is 1.55. The molecule has 5 heteroatoms. The van der Waals surface area contributed by atoms with Gasteiger partial charge >= 0.3 is 29.6 Å². The SMILES string of the molecule is CN(C)C(=S)S.[Co].[NaH]. The van der Waals surface area contributed by atoms with Crippen LogP contribution in [-0.4, -0.2) is 52.9 Å². The van der Waals surface area contributed by atoms with Gasteiger partial charge in [-0.05, 0) is 0 Å². The van der Waals surface area contributed by atoms with E-state index in [0.29, 0.717) is 4.32 Å². The van der Waals surface area contributed by atoms with E-state index in [1.807, 2.05) is 14.1 Å². The Morgan fingerprint density at radius 3 is 1.62 bits per heavy atom. The van der Waals surface area contributed by atoms with E-state index in [1.165, 1.54) is 0 Å². The Hall–Kier alpha value is 1.75. The van der Waals surface area contributed by atoms with Crippen molar-refractivity contribution in [3.63, 3.8) is 0 Å². The molecule has 0 amide bonds. The van der Waals surface area contributed by atoms with E-state index in [9.17, 15) is 0 Å². The predicted molar refractivity (Wildman–Crippen MR) is 42.4 cm³/mol. The van der Waals surface area contributed by atoms with E-state index in [0.717, 1.165) is 0 Å². The van der Waals surface area contributed by atoms with E-state index < -0.39 is 0 Å². The molecule has 8 heavy (non-hydrogen) atoms. The van der Waals surface area contributed by atoms with Crippen LogP contribution < -0.4 is 0 Å². The zero-order chi connectivity index (χ0) is 5.15. The van der Waals surface area contributed by atoms with Crippen molar-refractivity contribution in [3.8, 4) is 0 Å². The van der Waals surface area contributed by atoms with Gasteiger partial charge in [-0.2, -0.15) is 0 Å². The first-order valence-corrected chi connectivity index (χ1v) is 2.40. The predicted octanol–water partition coefficient (Wildman–Crippen LogP) is 0.112. The number of thiocarbonyl (C=S) groups is 1. The van der Waals surface area contributed by atoms with Crippen LogP contribution in [0.2, 0.25) is 0 Å². The van der Waals surface area contributed by atoms with Gasteiger partial charge in [-0.15, -0.1) is 12.6 Å². The van der Waals surface area contributed by atoms with Gasteiger partial charge in [-0.3, -0.25) is 0 Å². The molecule has 47 valence electrons. The molecule has 0 aromatic rings. The van der Waals surface area contributed by atoms with E-state index >= 15 is 0 Å². The summed E-state index contributed by atoms with van der Waals surface area (Å²) < 4.78 is 0.620. The van der Waals surface area contributed by atoms with Crippen molar-refractivity contribution in [1.29, 1.82) is 0 Å². The summed E-state index contributed by atoms with van der Waals surface area (Å²) in [6.45, 7) is 0. The average Bonchev–Trinajstić information content (AvgIpc) is 1.36. The van der Waals surface area contributed by atoms with Crippen molar-refractivity contribution in [1.82, 2.24) is 4.90 Å². The van der Waals surface area contributed by atoms with Crippen LogP contribution in [0.25, 0.3) is 0 Å². The molecule has 0 aromatic heterocycles. The summed E-state index contributed by atoms with van der Waals surface area (Å²) in [5, 5.41) is 0. The molecule has 0 bridgehead atoms. The van der Waals surface area contributed by atoms with E-state index in [1.54, 1.807) is 4.90 Å². The summed E-state index contributed by atoms with van der Waals surface area (Å²) in [6.07, 6.45) is 0. The second kappa shape index (κ2) is 8.75. The Morgan fingerprint density at radius 1 is 1.50 bits per heavy atom. The number of hydrogen-bond acceptors (Lipinski definition) is 1. The third-order valence-electron chi connectivity index (χ3n) is 0.383. The second-order valence-electron chi connectivity index (χ2n) is 1.18. The molecule has 0 aromatic carbocycles. The van der Waals surface area contributed by atoms with Crippen LogP contribution in [-0.2, 0) is 16.8 Å². The Labute approximate surface area is 93.5 Å². The molecular weight excluding hydrogens is 196 g/mol. The standard InChI is InChI=1S/C3H7NS2.Co.Na.H/c1-4(2)3(5)6;;;/h1-2H3,(H,5,6);;;. The average molecular weight is 204 g/mol. The molecule has 1 radical (unpaired) electrons. The van der Waals surface area contributed by atoms with Crippen molar-refractivity contribution in [2.75, 3.05) is 14.1 Å². The molecule has 0 saturated heterocycles. The van der Waals surface area contributed by atoms with Crippen LogP contribution in [0, 0.1) is 0 Å². The normalized spacial score (nSPS) is 5.88. The summed E-state index contributed by atoms with van der Waals surface area (Å²) in [7, 11) is 3.71. The summed E-state index contributed by atoms with van der Waals surface area (Å²) in [5.41, 5.74) is 0. The fraction of sp³-hybridized carbons (Fsp3) is 0.667. The number of thiol groups is 1. The molecule has 1 nitrogen and oxygen atoms in total. The van der Waals surface area contributed by atoms with Crippen molar-refractivity contribution in [2.24, 2.45) is 0 Å². The van der Waals surface area contributed by atoms with Crippen molar-refractivity contribution < 1.29 is 16.8 Å². The van der Waals surface area contributed by atoms with Crippen LogP contribution >= 0.6 is 24.8 Å². The molecule has 0 saturated carbocycles. The molecule has 0 unspecified atom stereocenters. The molecule has 0 aliphatic carbocycles. The minimum absolute atomic E-state index is 0. The Balaban J connectivity index is -0.000000125. The van der Waals surface area contributed by atoms with Crippen LogP contribution in [0.5, 0.6) is 0 Å². The molecule has 0 heterocycles.